The Morgan fingerprint density at radius 3 is 1.97 bits per heavy atom. The number of carboxylic acid groups (broad SMARTS) is 1. The number of phenolic OH excluding ortho intramolecular Hbond substituents is 1. The molecule has 4 unspecified atom stereocenters. The lowest BCUT2D eigenvalue weighted by atomic mass is 10.0. The molecule has 0 aromatic heterocycles. The lowest BCUT2D eigenvalue weighted by molar-refractivity contribution is -0.142. The third-order valence-corrected chi connectivity index (χ3v) is 5.79. The number of thiol groups is 1. The van der Waals surface area contributed by atoms with Gasteiger partial charge in [-0.3, -0.25) is 19.2 Å². The number of aliphatic carboxylic acids is 1. The molecule has 0 fully saturated rings. The topological polar surface area (TPSA) is 240 Å². The van der Waals surface area contributed by atoms with Gasteiger partial charge in [0.05, 0.1) is 6.04 Å². The highest BCUT2D eigenvalue weighted by molar-refractivity contribution is 7.80. The molecule has 37 heavy (non-hydrogen) atoms. The monoisotopic (exact) mass is 540 g/mol. The first-order chi connectivity index (χ1) is 17.5. The minimum atomic E-state index is -1.23. The average Bonchev–Trinajstić information content (AvgIpc) is 2.85. The van der Waals surface area contributed by atoms with E-state index in [-0.39, 0.29) is 37.2 Å². The second-order valence-corrected chi connectivity index (χ2v) is 8.84. The van der Waals surface area contributed by atoms with Crippen molar-refractivity contribution in [2.45, 2.75) is 62.7 Å². The predicted octanol–water partition coefficient (Wildman–Crippen LogP) is -1.87. The number of unbranched alkanes of at least 4 members (excludes halogenated alkanes) is 1. The number of rotatable bonds is 17. The van der Waals surface area contributed by atoms with Crippen LogP contribution in [-0.2, 0) is 30.4 Å². The molecule has 0 bridgehead atoms. The lowest BCUT2D eigenvalue weighted by Crippen LogP contribution is -2.58. The van der Waals surface area contributed by atoms with Crippen LogP contribution in [0.5, 0.6) is 5.75 Å². The number of nitrogens with one attached hydrogen (secondary N) is 3. The summed E-state index contributed by atoms with van der Waals surface area (Å²) >= 11 is 4.09. The quantitative estimate of drug-likeness (QED) is 0.0792. The molecule has 14 heteroatoms. The Morgan fingerprint density at radius 2 is 1.43 bits per heavy atom. The fourth-order valence-corrected chi connectivity index (χ4v) is 3.53. The minimum absolute atomic E-state index is 0.00477. The van der Waals surface area contributed by atoms with Crippen LogP contribution in [0.1, 0.15) is 37.7 Å². The number of aromatic hydroxyl groups is 1. The van der Waals surface area contributed by atoms with Gasteiger partial charge in [0.15, 0.2) is 0 Å². The molecular weight excluding hydrogens is 504 g/mol. The number of nitrogens with two attached hydrogens (primary N) is 3. The Kier molecular flexibility index (Phi) is 14.0. The van der Waals surface area contributed by atoms with Crippen LogP contribution in [0.4, 0.5) is 0 Å². The van der Waals surface area contributed by atoms with E-state index >= 15 is 0 Å². The van der Waals surface area contributed by atoms with Crippen LogP contribution < -0.4 is 33.2 Å². The summed E-state index contributed by atoms with van der Waals surface area (Å²) in [6.45, 7) is 0.378. The molecule has 4 atom stereocenters. The maximum atomic E-state index is 13.1. The van der Waals surface area contributed by atoms with Gasteiger partial charge in [-0.25, -0.2) is 4.79 Å². The van der Waals surface area contributed by atoms with Crippen molar-refractivity contribution >= 4 is 42.2 Å². The maximum absolute atomic E-state index is 13.1. The van der Waals surface area contributed by atoms with Gasteiger partial charge in [0.2, 0.25) is 23.6 Å². The number of hydrogen-bond acceptors (Lipinski definition) is 9. The molecule has 0 heterocycles. The molecule has 1 aromatic carbocycles. The van der Waals surface area contributed by atoms with Gasteiger partial charge in [0.25, 0.3) is 0 Å². The van der Waals surface area contributed by atoms with Crippen LogP contribution in [0.25, 0.3) is 0 Å². The Balaban J connectivity index is 3.00. The second-order valence-electron chi connectivity index (χ2n) is 8.47. The summed E-state index contributed by atoms with van der Waals surface area (Å²) in [6, 6.07) is 1.24. The van der Waals surface area contributed by atoms with Crippen LogP contribution >= 0.6 is 12.6 Å². The predicted molar refractivity (Wildman–Crippen MR) is 138 cm³/mol. The van der Waals surface area contributed by atoms with Gasteiger partial charge < -0.3 is 43.4 Å². The van der Waals surface area contributed by atoms with Crippen LogP contribution in [0, 0.1) is 0 Å². The average molecular weight is 541 g/mol. The van der Waals surface area contributed by atoms with E-state index in [2.05, 4.69) is 28.6 Å². The summed E-state index contributed by atoms with van der Waals surface area (Å²) in [5, 5.41) is 26.4. The summed E-state index contributed by atoms with van der Waals surface area (Å²) in [7, 11) is 0. The highest BCUT2D eigenvalue weighted by atomic mass is 32.1. The number of carboxylic acids is 1. The number of benzene rings is 1. The van der Waals surface area contributed by atoms with E-state index in [1.165, 1.54) is 12.1 Å². The standard InChI is InChI=1S/C23H36N6O7S/c24-10-2-1-3-16(23(35)36)27-21(33)17(11-13-4-6-14(30)7-5-13)28-22(34)18(12-37)29-20(32)15(25)8-9-19(26)31/h4-7,15-18,30,37H,1-3,8-12,24-25H2,(H2,26,31)(H,27,33)(H,28,34)(H,29,32)(H,35,36). The Hall–Kier alpha value is -3.36. The van der Waals surface area contributed by atoms with Crippen molar-refractivity contribution < 1.29 is 34.2 Å². The molecule has 0 saturated heterocycles. The van der Waals surface area contributed by atoms with E-state index in [0.29, 0.717) is 24.9 Å². The van der Waals surface area contributed by atoms with Crippen molar-refractivity contribution in [2.75, 3.05) is 12.3 Å². The molecular formula is C23H36N6O7S. The molecule has 13 nitrogen and oxygen atoms in total. The molecule has 4 amide bonds. The zero-order valence-corrected chi connectivity index (χ0v) is 21.3. The zero-order valence-electron chi connectivity index (χ0n) is 20.4. The van der Waals surface area contributed by atoms with E-state index in [9.17, 15) is 34.2 Å². The first kappa shape index (κ1) is 31.7. The van der Waals surface area contributed by atoms with E-state index in [1.54, 1.807) is 12.1 Å². The lowest BCUT2D eigenvalue weighted by Gasteiger charge is -2.25. The molecule has 0 radical (unpaired) electrons. The molecule has 1 rings (SSSR count). The maximum Gasteiger partial charge on any atom is 0.326 e. The first-order valence-corrected chi connectivity index (χ1v) is 12.4. The smallest absolute Gasteiger partial charge is 0.326 e. The van der Waals surface area contributed by atoms with Crippen molar-refractivity contribution in [1.82, 2.24) is 16.0 Å². The zero-order chi connectivity index (χ0) is 28.0. The third-order valence-electron chi connectivity index (χ3n) is 5.42. The molecule has 0 saturated carbocycles. The van der Waals surface area contributed by atoms with Gasteiger partial charge in [-0.05, 0) is 49.9 Å². The number of carbonyl (C=O) groups is 5. The molecule has 0 aliphatic heterocycles. The van der Waals surface area contributed by atoms with E-state index in [0.717, 1.165) is 0 Å². The van der Waals surface area contributed by atoms with E-state index in [1.807, 2.05) is 0 Å². The van der Waals surface area contributed by atoms with Crippen LogP contribution in [0.15, 0.2) is 24.3 Å². The second kappa shape index (κ2) is 16.4. The van der Waals surface area contributed by atoms with Gasteiger partial charge in [0, 0.05) is 18.6 Å². The largest absolute Gasteiger partial charge is 0.508 e. The van der Waals surface area contributed by atoms with Gasteiger partial charge in [-0.1, -0.05) is 12.1 Å². The summed E-state index contributed by atoms with van der Waals surface area (Å²) in [5.74, 6) is -4.19. The molecule has 0 aliphatic carbocycles. The minimum Gasteiger partial charge on any atom is -0.508 e. The molecule has 11 N–H and O–H groups in total. The van der Waals surface area contributed by atoms with Gasteiger partial charge >= 0.3 is 5.97 Å². The highest BCUT2D eigenvalue weighted by Gasteiger charge is 2.30. The summed E-state index contributed by atoms with van der Waals surface area (Å²) in [5.41, 5.74) is 16.8. The fraction of sp³-hybridized carbons (Fsp3) is 0.522. The first-order valence-electron chi connectivity index (χ1n) is 11.7. The molecule has 0 aliphatic rings. The van der Waals surface area contributed by atoms with Gasteiger partial charge in [-0.2, -0.15) is 12.6 Å². The summed E-state index contributed by atoms with van der Waals surface area (Å²) in [4.78, 5) is 60.9. The Morgan fingerprint density at radius 1 is 0.865 bits per heavy atom. The fourth-order valence-electron chi connectivity index (χ4n) is 3.27. The van der Waals surface area contributed by atoms with Crippen molar-refractivity contribution in [3.8, 4) is 5.75 Å². The Labute approximate surface area is 220 Å². The van der Waals surface area contributed by atoms with E-state index in [4.69, 9.17) is 17.2 Å². The number of carbonyl (C=O) groups excluding carboxylic acids is 4. The van der Waals surface area contributed by atoms with Gasteiger partial charge in [0.1, 0.15) is 23.9 Å². The summed E-state index contributed by atoms with van der Waals surface area (Å²) in [6.07, 6.45) is 1.05. The highest BCUT2D eigenvalue weighted by Crippen LogP contribution is 2.12. The number of hydrogen-bond donors (Lipinski definition) is 9. The molecule has 206 valence electrons. The van der Waals surface area contributed by atoms with E-state index < -0.39 is 53.8 Å². The normalized spacial score (nSPS) is 14.0. The third kappa shape index (κ3) is 11.9. The van der Waals surface area contributed by atoms with Crippen LogP contribution in [-0.4, -0.2) is 76.3 Å². The summed E-state index contributed by atoms with van der Waals surface area (Å²) < 4.78 is 0. The molecule has 0 spiro atoms. The number of amides is 4. The Bertz CT molecular complexity index is 931. The van der Waals surface area contributed by atoms with Crippen LogP contribution in [0.2, 0.25) is 0 Å². The van der Waals surface area contributed by atoms with Crippen molar-refractivity contribution in [3.63, 3.8) is 0 Å². The number of phenols is 1. The molecule has 1 aromatic rings. The van der Waals surface area contributed by atoms with Crippen molar-refractivity contribution in [2.24, 2.45) is 17.2 Å². The van der Waals surface area contributed by atoms with Gasteiger partial charge in [-0.15, -0.1) is 0 Å². The van der Waals surface area contributed by atoms with Crippen molar-refractivity contribution in [1.29, 1.82) is 0 Å². The van der Waals surface area contributed by atoms with Crippen LogP contribution in [0.3, 0.4) is 0 Å². The number of primary amides is 1. The van der Waals surface area contributed by atoms with Crippen molar-refractivity contribution in [3.05, 3.63) is 29.8 Å². The SMILES string of the molecule is NCCCCC(NC(=O)C(Cc1ccc(O)cc1)NC(=O)C(CS)NC(=O)C(N)CCC(N)=O)C(=O)O.